The summed E-state index contributed by atoms with van der Waals surface area (Å²) in [6.07, 6.45) is 5.94. The van der Waals surface area contributed by atoms with E-state index in [9.17, 15) is 9.59 Å². The molecule has 1 atom stereocenters. The number of rotatable bonds is 6. The summed E-state index contributed by atoms with van der Waals surface area (Å²) in [4.78, 5) is 26.1. The molecule has 1 saturated carbocycles. The quantitative estimate of drug-likeness (QED) is 0.569. The van der Waals surface area contributed by atoms with E-state index in [2.05, 4.69) is 20.1 Å². The van der Waals surface area contributed by atoms with Gasteiger partial charge in [-0.25, -0.2) is 4.68 Å². The van der Waals surface area contributed by atoms with Crippen molar-refractivity contribution in [3.63, 3.8) is 0 Å². The molecular formula is C23H30N6O2S. The predicted molar refractivity (Wildman–Crippen MR) is 127 cm³/mol. The van der Waals surface area contributed by atoms with Gasteiger partial charge in [-0.3, -0.25) is 14.3 Å². The molecule has 0 saturated heterocycles. The molecule has 9 heteroatoms. The van der Waals surface area contributed by atoms with E-state index < -0.39 is 5.25 Å². The Morgan fingerprint density at radius 3 is 2.50 bits per heavy atom. The van der Waals surface area contributed by atoms with Crippen molar-refractivity contribution in [2.45, 2.75) is 69.3 Å². The molecule has 1 N–H and O–H groups in total. The normalized spacial score (nSPS) is 15.6. The number of thioether (sulfide) groups is 1. The minimum atomic E-state index is -0.426. The smallest absolute Gasteiger partial charge is 0.295 e. The van der Waals surface area contributed by atoms with Gasteiger partial charge in [-0.05, 0) is 45.7 Å². The first kappa shape index (κ1) is 22.4. The molecule has 8 nitrogen and oxygen atoms in total. The highest BCUT2D eigenvalue weighted by Crippen LogP contribution is 2.33. The molecule has 0 aliphatic heterocycles. The van der Waals surface area contributed by atoms with Gasteiger partial charge >= 0.3 is 0 Å². The summed E-state index contributed by atoms with van der Waals surface area (Å²) in [6, 6.07) is 9.79. The Kier molecular flexibility index (Phi) is 6.55. The van der Waals surface area contributed by atoms with E-state index in [-0.39, 0.29) is 11.5 Å². The van der Waals surface area contributed by atoms with Crippen LogP contribution in [0.5, 0.6) is 0 Å². The average molecular weight is 455 g/mol. The van der Waals surface area contributed by atoms with Crippen LogP contribution in [0.4, 0.5) is 5.69 Å². The van der Waals surface area contributed by atoms with Crippen LogP contribution in [-0.2, 0) is 11.8 Å². The van der Waals surface area contributed by atoms with Gasteiger partial charge in [0.15, 0.2) is 5.16 Å². The number of aryl methyl sites for hydroxylation is 1. The number of carbonyl (C=O) groups excluding carboxylic acids is 1. The second-order valence-electron chi connectivity index (χ2n) is 8.38. The Morgan fingerprint density at radius 1 is 1.12 bits per heavy atom. The average Bonchev–Trinajstić information content (AvgIpc) is 3.26. The molecule has 1 aliphatic carbocycles. The second kappa shape index (κ2) is 9.36. The van der Waals surface area contributed by atoms with Crippen LogP contribution in [0.25, 0.3) is 5.69 Å². The standard InChI is InChI=1S/C23H30N6O2S/c1-15-20(22(31)29(27(15)4)19-13-9-6-10-14-19)24-21(30)16(2)32-23-26-25-17(3)28(23)18-11-7-5-8-12-18/h6,9-10,13-14,16,18H,5,7-8,11-12H2,1-4H3,(H,24,30)/t16-/m1/s1. The van der Waals surface area contributed by atoms with E-state index >= 15 is 0 Å². The first-order valence-corrected chi connectivity index (χ1v) is 12.0. The van der Waals surface area contributed by atoms with E-state index in [1.165, 1.54) is 31.0 Å². The third kappa shape index (κ3) is 4.26. The van der Waals surface area contributed by atoms with Crippen LogP contribution in [0.1, 0.15) is 56.6 Å². The number of nitrogens with one attached hydrogen (secondary N) is 1. The zero-order valence-electron chi connectivity index (χ0n) is 19.0. The van der Waals surface area contributed by atoms with Gasteiger partial charge in [0.05, 0.1) is 16.6 Å². The van der Waals surface area contributed by atoms with Crippen molar-refractivity contribution >= 4 is 23.4 Å². The first-order chi connectivity index (χ1) is 15.4. The van der Waals surface area contributed by atoms with Crippen LogP contribution < -0.4 is 10.9 Å². The van der Waals surface area contributed by atoms with Crippen LogP contribution >= 0.6 is 11.8 Å². The fraction of sp³-hybridized carbons (Fsp3) is 0.478. The Balaban J connectivity index is 1.53. The summed E-state index contributed by atoms with van der Waals surface area (Å²) in [6.45, 7) is 5.64. The van der Waals surface area contributed by atoms with Crippen LogP contribution in [0.2, 0.25) is 0 Å². The van der Waals surface area contributed by atoms with Crippen LogP contribution in [0.15, 0.2) is 40.3 Å². The summed E-state index contributed by atoms with van der Waals surface area (Å²) < 4.78 is 5.50. The highest BCUT2D eigenvalue weighted by molar-refractivity contribution is 8.00. The van der Waals surface area contributed by atoms with Crippen molar-refractivity contribution in [3.05, 3.63) is 52.2 Å². The lowest BCUT2D eigenvalue weighted by Crippen LogP contribution is -2.27. The number of hydrogen-bond acceptors (Lipinski definition) is 5. The molecule has 0 bridgehead atoms. The number of amides is 1. The van der Waals surface area contributed by atoms with Crippen molar-refractivity contribution in [1.29, 1.82) is 0 Å². The number of hydrogen-bond donors (Lipinski definition) is 1. The van der Waals surface area contributed by atoms with Gasteiger partial charge in [0, 0.05) is 13.1 Å². The van der Waals surface area contributed by atoms with E-state index in [1.54, 1.807) is 9.36 Å². The summed E-state index contributed by atoms with van der Waals surface area (Å²) in [5, 5.41) is 11.8. The number of anilines is 1. The zero-order chi connectivity index (χ0) is 22.8. The molecule has 1 amide bonds. The number of para-hydroxylation sites is 1. The lowest BCUT2D eigenvalue weighted by Gasteiger charge is -2.25. The molecule has 1 fully saturated rings. The molecule has 0 unspecified atom stereocenters. The molecule has 2 heterocycles. The minimum Gasteiger partial charge on any atom is -0.319 e. The van der Waals surface area contributed by atoms with E-state index in [0.717, 1.165) is 29.5 Å². The molecule has 170 valence electrons. The van der Waals surface area contributed by atoms with Gasteiger partial charge in [-0.15, -0.1) is 10.2 Å². The van der Waals surface area contributed by atoms with Gasteiger partial charge in [-0.2, -0.15) is 0 Å². The maximum atomic E-state index is 13.1. The predicted octanol–water partition coefficient (Wildman–Crippen LogP) is 4.01. The van der Waals surface area contributed by atoms with Crippen molar-refractivity contribution < 1.29 is 4.79 Å². The Morgan fingerprint density at radius 2 is 1.81 bits per heavy atom. The monoisotopic (exact) mass is 454 g/mol. The van der Waals surface area contributed by atoms with Crippen molar-refractivity contribution in [2.75, 3.05) is 5.32 Å². The fourth-order valence-electron chi connectivity index (χ4n) is 4.34. The second-order valence-corrected chi connectivity index (χ2v) is 9.69. The third-order valence-electron chi connectivity index (χ3n) is 6.23. The van der Waals surface area contributed by atoms with Gasteiger partial charge in [0.25, 0.3) is 5.56 Å². The molecular weight excluding hydrogens is 424 g/mol. The molecule has 32 heavy (non-hydrogen) atoms. The van der Waals surface area contributed by atoms with E-state index in [0.29, 0.717) is 17.4 Å². The molecule has 1 aromatic carbocycles. The Labute approximate surface area is 192 Å². The Hall–Kier alpha value is -2.81. The molecule has 3 aromatic rings. The minimum absolute atomic E-state index is 0.225. The van der Waals surface area contributed by atoms with Gasteiger partial charge in [-0.1, -0.05) is 49.2 Å². The molecule has 1 aliphatic rings. The van der Waals surface area contributed by atoms with Gasteiger partial charge in [0.1, 0.15) is 11.5 Å². The maximum Gasteiger partial charge on any atom is 0.295 e. The molecule has 4 rings (SSSR count). The molecule has 0 spiro atoms. The number of carbonyl (C=O) groups is 1. The fourth-order valence-corrected chi connectivity index (χ4v) is 5.30. The highest BCUT2D eigenvalue weighted by Gasteiger charge is 2.26. The van der Waals surface area contributed by atoms with Crippen molar-refractivity contribution in [1.82, 2.24) is 24.1 Å². The topological polar surface area (TPSA) is 86.7 Å². The molecule has 0 radical (unpaired) electrons. The first-order valence-electron chi connectivity index (χ1n) is 11.1. The maximum absolute atomic E-state index is 13.1. The lowest BCUT2D eigenvalue weighted by molar-refractivity contribution is -0.115. The lowest BCUT2D eigenvalue weighted by atomic mass is 9.95. The zero-order valence-corrected chi connectivity index (χ0v) is 19.9. The van der Waals surface area contributed by atoms with Gasteiger partial charge < -0.3 is 9.88 Å². The molecule has 2 aromatic heterocycles. The summed E-state index contributed by atoms with van der Waals surface area (Å²) in [5.41, 5.74) is 1.51. The van der Waals surface area contributed by atoms with Crippen molar-refractivity contribution in [2.24, 2.45) is 7.05 Å². The van der Waals surface area contributed by atoms with Crippen molar-refractivity contribution in [3.8, 4) is 5.69 Å². The Bertz CT molecular complexity index is 1160. The number of benzene rings is 1. The van der Waals surface area contributed by atoms with Crippen LogP contribution in [0, 0.1) is 13.8 Å². The van der Waals surface area contributed by atoms with Gasteiger partial charge in [0.2, 0.25) is 5.91 Å². The van der Waals surface area contributed by atoms with E-state index in [1.807, 2.05) is 58.2 Å². The summed E-state index contributed by atoms with van der Waals surface area (Å²) in [5.74, 6) is 0.661. The number of aromatic nitrogens is 5. The summed E-state index contributed by atoms with van der Waals surface area (Å²) >= 11 is 1.39. The third-order valence-corrected chi connectivity index (χ3v) is 7.29. The van der Waals surface area contributed by atoms with Crippen LogP contribution in [0.3, 0.4) is 0 Å². The van der Waals surface area contributed by atoms with E-state index in [4.69, 9.17) is 0 Å². The SMILES string of the molecule is Cc1nnc(S[C@H](C)C(=O)Nc2c(C)n(C)n(-c3ccccc3)c2=O)n1C1CCCCC1. The summed E-state index contributed by atoms with van der Waals surface area (Å²) in [7, 11) is 1.81. The highest BCUT2D eigenvalue weighted by atomic mass is 32.2. The number of nitrogens with zero attached hydrogens (tertiary/aromatic N) is 5. The van der Waals surface area contributed by atoms with Crippen LogP contribution in [-0.4, -0.2) is 35.3 Å². The largest absolute Gasteiger partial charge is 0.319 e.